The first-order valence-electron chi connectivity index (χ1n) is 11.8. The molecule has 29 heavy (non-hydrogen) atoms. The van der Waals surface area contributed by atoms with E-state index < -0.39 is 0 Å². The van der Waals surface area contributed by atoms with Crippen molar-refractivity contribution in [3.63, 3.8) is 0 Å². The third kappa shape index (κ3) is 6.85. The van der Waals surface area contributed by atoms with Gasteiger partial charge in [-0.25, -0.2) is 0 Å². The fourth-order valence-corrected chi connectivity index (χ4v) is 4.96. The minimum Gasteiger partial charge on any atom is -0.330 e. The van der Waals surface area contributed by atoms with Crippen LogP contribution in [0.3, 0.4) is 0 Å². The van der Waals surface area contributed by atoms with Gasteiger partial charge in [-0.3, -0.25) is 0 Å². The van der Waals surface area contributed by atoms with Crippen molar-refractivity contribution in [2.24, 2.45) is 23.5 Å². The highest BCUT2D eigenvalue weighted by molar-refractivity contribution is 5.30. The van der Waals surface area contributed by atoms with Crippen LogP contribution in [-0.4, -0.2) is 6.54 Å². The smallest absolute Gasteiger partial charge is 0.00257 e. The van der Waals surface area contributed by atoms with Crippen LogP contribution in [0.25, 0.3) is 0 Å². The number of nitrogens with two attached hydrogens (primary N) is 1. The van der Waals surface area contributed by atoms with Crippen molar-refractivity contribution in [2.45, 2.75) is 64.7 Å². The summed E-state index contributed by atoms with van der Waals surface area (Å²) in [4.78, 5) is 0. The molecule has 3 rings (SSSR count). The zero-order valence-corrected chi connectivity index (χ0v) is 18.2. The molecule has 1 aliphatic rings. The van der Waals surface area contributed by atoms with Crippen molar-refractivity contribution in [2.75, 3.05) is 6.54 Å². The minimum absolute atomic E-state index is 0.669. The molecule has 0 radical (unpaired) electrons. The number of benzene rings is 2. The van der Waals surface area contributed by atoms with Crippen LogP contribution in [0.4, 0.5) is 0 Å². The van der Waals surface area contributed by atoms with E-state index in [4.69, 9.17) is 5.73 Å². The lowest BCUT2D eigenvalue weighted by molar-refractivity contribution is 0.351. The molecule has 2 aromatic rings. The molecule has 1 unspecified atom stereocenters. The van der Waals surface area contributed by atoms with Crippen LogP contribution in [0.5, 0.6) is 0 Å². The van der Waals surface area contributed by atoms with Crippen LogP contribution in [0.2, 0.25) is 0 Å². The Morgan fingerprint density at radius 1 is 0.897 bits per heavy atom. The van der Waals surface area contributed by atoms with Crippen LogP contribution in [0.15, 0.2) is 66.7 Å². The van der Waals surface area contributed by atoms with Gasteiger partial charge in [0.25, 0.3) is 0 Å². The van der Waals surface area contributed by atoms with Crippen LogP contribution >= 0.6 is 0 Å². The highest BCUT2D eigenvalue weighted by Crippen LogP contribution is 2.39. The summed E-state index contributed by atoms with van der Waals surface area (Å²) >= 11 is 0. The van der Waals surface area contributed by atoms with Crippen LogP contribution in [0, 0.1) is 17.8 Å². The number of unbranched alkanes of at least 4 members (excludes halogenated alkanes) is 4. The Hall–Kier alpha value is -1.86. The van der Waals surface area contributed by atoms with Gasteiger partial charge in [-0.2, -0.15) is 0 Å². The van der Waals surface area contributed by atoms with Gasteiger partial charge in [0.2, 0.25) is 0 Å². The largest absolute Gasteiger partial charge is 0.330 e. The Bertz CT molecular complexity index is 733. The zero-order chi connectivity index (χ0) is 20.3. The topological polar surface area (TPSA) is 26.0 Å². The zero-order valence-electron chi connectivity index (χ0n) is 18.2. The Morgan fingerprint density at radius 2 is 1.69 bits per heavy atom. The van der Waals surface area contributed by atoms with Crippen LogP contribution in [-0.2, 0) is 12.8 Å². The maximum Gasteiger partial charge on any atom is -0.00257 e. The van der Waals surface area contributed by atoms with E-state index in [0.29, 0.717) is 17.8 Å². The number of hydrogen-bond acceptors (Lipinski definition) is 1. The maximum atomic E-state index is 6.16. The first-order valence-corrected chi connectivity index (χ1v) is 11.8. The summed E-state index contributed by atoms with van der Waals surface area (Å²) in [6.07, 6.45) is 16.4. The molecule has 0 aliphatic heterocycles. The van der Waals surface area contributed by atoms with Gasteiger partial charge in [-0.15, -0.1) is 0 Å². The molecule has 1 aliphatic carbocycles. The molecule has 1 fully saturated rings. The molecular formula is C28H39N. The molecule has 1 saturated carbocycles. The van der Waals surface area contributed by atoms with Crippen LogP contribution in [0.1, 0.15) is 68.6 Å². The SMILES string of the molecule is CCCCCC/C=C/C1CC[C@H](CN)[C@@H]1Cc1cccc(Cc2ccccc2)c1. The van der Waals surface area contributed by atoms with Crippen molar-refractivity contribution >= 4 is 0 Å². The van der Waals surface area contributed by atoms with E-state index in [1.807, 2.05) is 0 Å². The molecule has 0 bridgehead atoms. The molecule has 156 valence electrons. The van der Waals surface area contributed by atoms with Gasteiger partial charge in [0.1, 0.15) is 0 Å². The Morgan fingerprint density at radius 3 is 2.48 bits per heavy atom. The summed E-state index contributed by atoms with van der Waals surface area (Å²) < 4.78 is 0. The summed E-state index contributed by atoms with van der Waals surface area (Å²) in [7, 11) is 0. The molecule has 0 spiro atoms. The van der Waals surface area contributed by atoms with Crippen molar-refractivity contribution in [3.8, 4) is 0 Å². The average Bonchev–Trinajstić information content (AvgIpc) is 3.13. The third-order valence-electron chi connectivity index (χ3n) is 6.65. The standard InChI is InChI=1S/C28H39N/c1-2-3-4-5-6-10-16-26-17-18-27(22-29)28(26)21-25-15-11-14-24(20-25)19-23-12-8-7-9-13-23/h7-16,20,26-28H,2-6,17-19,21-22,29H2,1H3/b16-10+/t26?,27-,28-/m1/s1. The molecule has 0 aromatic heterocycles. The van der Waals surface area contributed by atoms with E-state index in [-0.39, 0.29) is 0 Å². The van der Waals surface area contributed by atoms with E-state index in [1.54, 1.807) is 0 Å². The molecule has 2 N–H and O–H groups in total. The number of hydrogen-bond donors (Lipinski definition) is 1. The highest BCUT2D eigenvalue weighted by Gasteiger charge is 2.33. The normalized spacial score (nSPS) is 21.8. The van der Waals surface area contributed by atoms with Crippen LogP contribution < -0.4 is 5.73 Å². The summed E-state index contributed by atoms with van der Waals surface area (Å²) in [6, 6.07) is 20.0. The molecule has 0 heterocycles. The lowest BCUT2D eigenvalue weighted by Crippen LogP contribution is -2.23. The van der Waals surface area contributed by atoms with Gasteiger partial charge in [-0.1, -0.05) is 92.9 Å². The number of allylic oxidation sites excluding steroid dienone is 2. The lowest BCUT2D eigenvalue weighted by atomic mass is 9.83. The Labute approximate surface area is 178 Å². The second-order valence-electron chi connectivity index (χ2n) is 8.86. The second kappa shape index (κ2) is 12.0. The van der Waals surface area contributed by atoms with E-state index >= 15 is 0 Å². The lowest BCUT2D eigenvalue weighted by Gasteiger charge is -2.23. The fraction of sp³-hybridized carbons (Fsp3) is 0.500. The monoisotopic (exact) mass is 389 g/mol. The van der Waals surface area contributed by atoms with Gasteiger partial charge >= 0.3 is 0 Å². The summed E-state index contributed by atoms with van der Waals surface area (Å²) in [5, 5.41) is 0. The maximum absolute atomic E-state index is 6.16. The van der Waals surface area contributed by atoms with E-state index in [0.717, 1.165) is 19.4 Å². The second-order valence-corrected chi connectivity index (χ2v) is 8.86. The summed E-state index contributed by atoms with van der Waals surface area (Å²) in [5.41, 5.74) is 10.4. The van der Waals surface area contributed by atoms with Gasteiger partial charge in [0.05, 0.1) is 0 Å². The van der Waals surface area contributed by atoms with Crippen molar-refractivity contribution in [1.82, 2.24) is 0 Å². The molecule has 1 heteroatoms. The predicted octanol–water partition coefficient (Wildman–Crippen LogP) is 6.95. The highest BCUT2D eigenvalue weighted by atomic mass is 14.6. The van der Waals surface area contributed by atoms with E-state index in [9.17, 15) is 0 Å². The molecule has 0 amide bonds. The van der Waals surface area contributed by atoms with Gasteiger partial charge in [0, 0.05) is 0 Å². The number of rotatable bonds is 11. The average molecular weight is 390 g/mol. The van der Waals surface area contributed by atoms with Crippen molar-refractivity contribution in [1.29, 1.82) is 0 Å². The fourth-order valence-electron chi connectivity index (χ4n) is 4.96. The van der Waals surface area contributed by atoms with Gasteiger partial charge < -0.3 is 5.73 Å². The molecule has 1 nitrogen and oxygen atoms in total. The van der Waals surface area contributed by atoms with E-state index in [2.05, 4.69) is 73.7 Å². The Kier molecular flexibility index (Phi) is 9.02. The molecule has 3 atom stereocenters. The first-order chi connectivity index (χ1) is 14.3. The Balaban J connectivity index is 1.61. The summed E-state index contributed by atoms with van der Waals surface area (Å²) in [6.45, 7) is 3.11. The molecule has 2 aromatic carbocycles. The predicted molar refractivity (Wildman–Crippen MR) is 126 cm³/mol. The first kappa shape index (κ1) is 21.8. The van der Waals surface area contributed by atoms with Crippen molar-refractivity contribution < 1.29 is 0 Å². The van der Waals surface area contributed by atoms with Crippen molar-refractivity contribution in [3.05, 3.63) is 83.4 Å². The summed E-state index contributed by atoms with van der Waals surface area (Å²) in [5.74, 6) is 2.06. The van der Waals surface area contributed by atoms with E-state index in [1.165, 1.54) is 61.6 Å². The van der Waals surface area contributed by atoms with Gasteiger partial charge in [-0.05, 0) is 79.5 Å². The van der Waals surface area contributed by atoms with Gasteiger partial charge in [0.15, 0.2) is 0 Å². The quantitative estimate of drug-likeness (QED) is 0.327. The third-order valence-corrected chi connectivity index (χ3v) is 6.65. The molecular weight excluding hydrogens is 350 g/mol. The minimum atomic E-state index is 0.669. The molecule has 0 saturated heterocycles.